The second-order valence-electron chi connectivity index (χ2n) is 5.27. The Morgan fingerprint density at radius 3 is 2.76 bits per heavy atom. The molecule has 1 heterocycles. The molecule has 0 radical (unpaired) electrons. The van der Waals surface area contributed by atoms with Crippen LogP contribution in [0.4, 0.5) is 0 Å². The predicted octanol–water partition coefficient (Wildman–Crippen LogP) is 4.68. The fraction of sp³-hybridized carbons (Fsp3) is 0.263. The third-order valence-corrected chi connectivity index (χ3v) is 4.80. The third-order valence-electron chi connectivity index (χ3n) is 3.68. The van der Waals surface area contributed by atoms with E-state index >= 15 is 0 Å². The molecule has 0 saturated heterocycles. The smallest absolute Gasteiger partial charge is 0.0394 e. The third kappa shape index (κ3) is 3.22. The van der Waals surface area contributed by atoms with E-state index in [0.29, 0.717) is 13.0 Å². The average molecular weight is 298 g/mol. The molecule has 0 amide bonds. The second kappa shape index (κ2) is 6.50. The van der Waals surface area contributed by atoms with Crippen molar-refractivity contribution in [2.75, 3.05) is 20.6 Å². The molecule has 108 valence electrons. The molecule has 0 N–H and O–H groups in total. The molecule has 0 fully saturated rings. The van der Waals surface area contributed by atoms with Crippen LogP contribution in [0.1, 0.15) is 27.2 Å². The Kier molecular flexibility index (Phi) is 3.44. The zero-order valence-electron chi connectivity index (χ0n) is 15.2. The van der Waals surface area contributed by atoms with Crippen LogP contribution < -0.4 is 0 Å². The summed E-state index contributed by atoms with van der Waals surface area (Å²) in [6.45, 7) is -1.52. The number of fused-ring (bicyclic) bond motifs is 2. The van der Waals surface area contributed by atoms with Crippen molar-refractivity contribution in [1.82, 2.24) is 4.90 Å². The van der Waals surface area contributed by atoms with Gasteiger partial charge in [-0.25, -0.2) is 0 Å². The average Bonchev–Trinajstić information content (AvgIpc) is 2.72. The maximum atomic E-state index is 7.47. The first-order valence-corrected chi connectivity index (χ1v) is 8.17. The molecule has 0 saturated carbocycles. The van der Waals surface area contributed by atoms with E-state index in [-0.39, 0.29) is 0 Å². The highest BCUT2D eigenvalue weighted by molar-refractivity contribution is 7.98. The normalized spacial score (nSPS) is 18.4. The van der Waals surface area contributed by atoms with E-state index in [1.807, 2.05) is 11.8 Å². The van der Waals surface area contributed by atoms with Crippen LogP contribution in [-0.2, 0) is 5.75 Å². The van der Waals surface area contributed by atoms with Crippen LogP contribution in [0.25, 0.3) is 5.57 Å². The number of thioether (sulfide) groups is 1. The highest BCUT2D eigenvalue weighted by Gasteiger charge is 2.17. The Morgan fingerprint density at radius 2 is 1.90 bits per heavy atom. The maximum Gasteiger partial charge on any atom is 0.0394 e. The number of nitrogens with zero attached hydrogens (tertiary/aromatic N) is 1. The van der Waals surface area contributed by atoms with Crippen LogP contribution in [0.2, 0.25) is 0 Å². The van der Waals surface area contributed by atoms with Gasteiger partial charge in [0.15, 0.2) is 0 Å². The number of hydrogen-bond acceptors (Lipinski definition) is 2. The SMILES string of the molecule is [2H]C([2H])([2H])N(C)CC/C=C1/c2ccccc2CSc2ccccc21. The van der Waals surface area contributed by atoms with E-state index in [2.05, 4.69) is 54.6 Å². The molecule has 0 unspecified atom stereocenters. The van der Waals surface area contributed by atoms with Crippen molar-refractivity contribution >= 4 is 17.3 Å². The first kappa shape index (κ1) is 11.1. The minimum absolute atomic E-state index is 0.511. The Morgan fingerprint density at radius 1 is 1.14 bits per heavy atom. The minimum Gasteiger partial charge on any atom is -0.309 e. The van der Waals surface area contributed by atoms with Gasteiger partial charge in [-0.05, 0) is 48.8 Å². The van der Waals surface area contributed by atoms with E-state index < -0.39 is 6.98 Å². The molecule has 0 aliphatic carbocycles. The Balaban J connectivity index is 1.95. The first-order chi connectivity index (χ1) is 11.5. The lowest BCUT2D eigenvalue weighted by molar-refractivity contribution is 0.417. The summed E-state index contributed by atoms with van der Waals surface area (Å²) in [4.78, 5) is 2.71. The van der Waals surface area contributed by atoms with Crippen LogP contribution in [0.5, 0.6) is 0 Å². The zero-order chi connectivity index (χ0) is 17.2. The molecule has 0 aromatic heterocycles. The molecular formula is C19H21NS. The van der Waals surface area contributed by atoms with E-state index in [1.165, 1.54) is 32.1 Å². The van der Waals surface area contributed by atoms with Crippen molar-refractivity contribution in [2.24, 2.45) is 0 Å². The maximum absolute atomic E-state index is 7.47. The zero-order valence-corrected chi connectivity index (χ0v) is 13.0. The summed E-state index contributed by atoms with van der Waals surface area (Å²) in [7, 11) is 1.65. The van der Waals surface area contributed by atoms with Crippen LogP contribution in [0.3, 0.4) is 0 Å². The van der Waals surface area contributed by atoms with Gasteiger partial charge in [0.25, 0.3) is 0 Å². The first-order valence-electron chi connectivity index (χ1n) is 8.69. The van der Waals surface area contributed by atoms with Crippen molar-refractivity contribution in [1.29, 1.82) is 0 Å². The Bertz CT molecular complexity index is 703. The largest absolute Gasteiger partial charge is 0.309 e. The molecule has 3 rings (SSSR count). The standard InChI is InChI=1S/C19H21NS/c1-20(2)13-7-11-17-16-9-4-3-8-15(16)14-21-19-12-6-5-10-18(17)19/h3-6,8-12H,7,13-14H2,1-2H3/b17-11-/i1D3. The van der Waals surface area contributed by atoms with Crippen molar-refractivity contribution in [2.45, 2.75) is 17.1 Å². The number of hydrogen-bond donors (Lipinski definition) is 0. The molecule has 2 aromatic rings. The molecule has 21 heavy (non-hydrogen) atoms. The molecule has 0 spiro atoms. The molecular weight excluding hydrogens is 274 g/mol. The van der Waals surface area contributed by atoms with Gasteiger partial charge in [0.05, 0.1) is 0 Å². The highest BCUT2D eigenvalue weighted by Crippen LogP contribution is 2.39. The summed E-state index contributed by atoms with van der Waals surface area (Å²) in [5.41, 5.74) is 5.04. The molecule has 2 heteroatoms. The molecule has 2 aromatic carbocycles. The lowest BCUT2D eigenvalue weighted by Crippen LogP contribution is -2.12. The van der Waals surface area contributed by atoms with Gasteiger partial charge < -0.3 is 4.90 Å². The van der Waals surface area contributed by atoms with Gasteiger partial charge in [-0.2, -0.15) is 0 Å². The van der Waals surface area contributed by atoms with Crippen molar-refractivity contribution < 1.29 is 4.11 Å². The van der Waals surface area contributed by atoms with Gasteiger partial charge in [0.1, 0.15) is 0 Å². The fourth-order valence-corrected chi connectivity index (χ4v) is 3.72. The summed E-state index contributed by atoms with van der Waals surface area (Å²) in [6, 6.07) is 16.9. The van der Waals surface area contributed by atoms with Gasteiger partial charge in [-0.1, -0.05) is 48.5 Å². The van der Waals surface area contributed by atoms with Crippen LogP contribution in [0, 0.1) is 0 Å². The minimum atomic E-state index is -2.03. The Hall–Kier alpha value is -1.51. The van der Waals surface area contributed by atoms with E-state index in [9.17, 15) is 0 Å². The summed E-state index contributed by atoms with van der Waals surface area (Å²) < 4.78 is 22.4. The number of rotatable bonds is 3. The monoisotopic (exact) mass is 298 g/mol. The molecule has 1 aliphatic heterocycles. The lowest BCUT2D eigenvalue weighted by Gasteiger charge is -2.12. The van der Waals surface area contributed by atoms with Gasteiger partial charge in [-0.15, -0.1) is 11.8 Å². The highest BCUT2D eigenvalue weighted by atomic mass is 32.2. The summed E-state index contributed by atoms with van der Waals surface area (Å²) in [6.07, 6.45) is 2.89. The molecule has 1 nitrogen and oxygen atoms in total. The summed E-state index contributed by atoms with van der Waals surface area (Å²) in [5.74, 6) is 0.958. The summed E-state index contributed by atoms with van der Waals surface area (Å²) in [5, 5.41) is 0. The second-order valence-corrected chi connectivity index (χ2v) is 6.29. The summed E-state index contributed by atoms with van der Waals surface area (Å²) >= 11 is 1.86. The van der Waals surface area contributed by atoms with Crippen LogP contribution in [-0.4, -0.2) is 25.5 Å². The van der Waals surface area contributed by atoms with Gasteiger partial charge in [-0.3, -0.25) is 0 Å². The lowest BCUT2D eigenvalue weighted by atomic mass is 9.93. The van der Waals surface area contributed by atoms with Crippen molar-refractivity contribution in [3.05, 3.63) is 71.3 Å². The van der Waals surface area contributed by atoms with Gasteiger partial charge >= 0.3 is 0 Å². The van der Waals surface area contributed by atoms with Gasteiger partial charge in [0, 0.05) is 21.3 Å². The molecule has 0 atom stereocenters. The van der Waals surface area contributed by atoms with E-state index in [0.717, 1.165) is 5.75 Å². The quantitative estimate of drug-likeness (QED) is 0.809. The van der Waals surface area contributed by atoms with E-state index in [1.54, 1.807) is 7.05 Å². The topological polar surface area (TPSA) is 3.24 Å². The van der Waals surface area contributed by atoms with E-state index in [4.69, 9.17) is 4.11 Å². The van der Waals surface area contributed by atoms with Crippen molar-refractivity contribution in [3.63, 3.8) is 0 Å². The molecule has 1 aliphatic rings. The van der Waals surface area contributed by atoms with Crippen molar-refractivity contribution in [3.8, 4) is 0 Å². The Labute approximate surface area is 135 Å². The van der Waals surface area contributed by atoms with Crippen LogP contribution in [0.15, 0.2) is 59.5 Å². The van der Waals surface area contributed by atoms with Crippen LogP contribution >= 0.6 is 11.8 Å². The molecule has 0 bridgehead atoms. The number of benzene rings is 2. The fourth-order valence-electron chi connectivity index (χ4n) is 2.65. The predicted molar refractivity (Wildman–Crippen MR) is 92.7 cm³/mol. The van der Waals surface area contributed by atoms with Gasteiger partial charge in [0.2, 0.25) is 0 Å².